The minimum atomic E-state index is -4.34. The van der Waals surface area contributed by atoms with E-state index >= 15 is 0 Å². The van der Waals surface area contributed by atoms with Crippen LogP contribution in [0.5, 0.6) is 0 Å². The Kier molecular flexibility index (Phi) is 5.00. The van der Waals surface area contributed by atoms with E-state index in [4.69, 9.17) is 0 Å². The van der Waals surface area contributed by atoms with Crippen molar-refractivity contribution in [3.63, 3.8) is 0 Å². The first-order valence-corrected chi connectivity index (χ1v) is 8.42. The number of hydrogen-bond donors (Lipinski definition) is 2. The molecule has 4 nitrogen and oxygen atoms in total. The molecular weight excluding hydrogens is 343 g/mol. The van der Waals surface area contributed by atoms with Crippen molar-refractivity contribution in [2.75, 3.05) is 0 Å². The highest BCUT2D eigenvalue weighted by Crippen LogP contribution is 2.32. The summed E-state index contributed by atoms with van der Waals surface area (Å²) in [6.45, 7) is 3.80. The summed E-state index contributed by atoms with van der Waals surface area (Å²) in [6, 6.07) is 8.78. The predicted octanol–water partition coefficient (Wildman–Crippen LogP) is 3.75. The minimum absolute atomic E-state index is 0.0377. The Morgan fingerprint density at radius 3 is 2.46 bits per heavy atom. The topological polar surface area (TPSA) is 54.0 Å². The molecule has 1 aliphatic heterocycles. The second-order valence-corrected chi connectivity index (χ2v) is 6.57. The van der Waals surface area contributed by atoms with Crippen molar-refractivity contribution in [3.05, 3.63) is 65.0 Å². The third-order valence-electron chi connectivity index (χ3n) is 4.62. The molecule has 0 aliphatic carbocycles. The molecule has 1 saturated heterocycles. The highest BCUT2D eigenvalue weighted by Gasteiger charge is 2.30. The summed E-state index contributed by atoms with van der Waals surface area (Å²) in [7, 11) is 0. The number of benzene rings is 1. The van der Waals surface area contributed by atoms with Gasteiger partial charge in [-0.25, -0.2) is 0 Å². The van der Waals surface area contributed by atoms with Gasteiger partial charge < -0.3 is 5.32 Å². The van der Waals surface area contributed by atoms with Crippen LogP contribution in [0.2, 0.25) is 0 Å². The van der Waals surface area contributed by atoms with E-state index in [1.54, 1.807) is 6.20 Å². The number of carbonyl (C=O) groups excluding carboxylic acids is 1. The molecule has 7 heteroatoms. The third kappa shape index (κ3) is 4.04. The average Bonchev–Trinajstić information content (AvgIpc) is 2.60. The molecule has 0 bridgehead atoms. The molecule has 1 aromatic carbocycles. The first-order valence-electron chi connectivity index (χ1n) is 8.42. The second-order valence-electron chi connectivity index (χ2n) is 6.57. The number of pyridine rings is 1. The Labute approximate surface area is 149 Å². The molecule has 3 unspecified atom stereocenters. The first kappa shape index (κ1) is 18.4. The lowest BCUT2D eigenvalue weighted by Crippen LogP contribution is -2.51. The van der Waals surface area contributed by atoms with Gasteiger partial charge in [0.05, 0.1) is 23.5 Å². The third-order valence-corrected chi connectivity index (χ3v) is 4.62. The van der Waals surface area contributed by atoms with Gasteiger partial charge in [-0.15, -0.1) is 0 Å². The lowest BCUT2D eigenvalue weighted by atomic mass is 9.91. The van der Waals surface area contributed by atoms with E-state index in [9.17, 15) is 18.0 Å². The molecule has 26 heavy (non-hydrogen) atoms. The van der Waals surface area contributed by atoms with Crippen molar-refractivity contribution >= 4 is 5.91 Å². The van der Waals surface area contributed by atoms with Crippen LogP contribution in [0.15, 0.2) is 42.6 Å². The maximum absolute atomic E-state index is 12.7. The van der Waals surface area contributed by atoms with Crippen LogP contribution in [0.4, 0.5) is 13.2 Å². The summed E-state index contributed by atoms with van der Waals surface area (Å²) in [4.78, 5) is 16.1. The number of halogens is 3. The van der Waals surface area contributed by atoms with E-state index in [1.807, 2.05) is 26.0 Å². The molecule has 3 rings (SSSR count). The molecule has 1 aromatic heterocycles. The van der Waals surface area contributed by atoms with Gasteiger partial charge in [-0.3, -0.25) is 15.1 Å². The van der Waals surface area contributed by atoms with Crippen LogP contribution in [-0.4, -0.2) is 17.1 Å². The molecule has 1 aliphatic rings. The van der Waals surface area contributed by atoms with Gasteiger partial charge in [0.15, 0.2) is 0 Å². The monoisotopic (exact) mass is 363 g/mol. The Hall–Kier alpha value is -2.41. The highest BCUT2D eigenvalue weighted by atomic mass is 19.4. The van der Waals surface area contributed by atoms with E-state index in [2.05, 4.69) is 15.6 Å². The summed E-state index contributed by atoms with van der Waals surface area (Å²) < 4.78 is 38.2. The van der Waals surface area contributed by atoms with Crippen molar-refractivity contribution in [1.82, 2.24) is 15.6 Å². The molecular formula is C19H20F3N3O. The summed E-state index contributed by atoms with van der Waals surface area (Å²) >= 11 is 0. The molecule has 1 fully saturated rings. The van der Waals surface area contributed by atoms with Crippen molar-refractivity contribution in [2.24, 2.45) is 0 Å². The first-order chi connectivity index (χ1) is 12.2. The molecule has 0 saturated carbocycles. The summed E-state index contributed by atoms with van der Waals surface area (Å²) in [5.74, 6) is -0.127. The van der Waals surface area contributed by atoms with Gasteiger partial charge >= 0.3 is 6.18 Å². The SMILES string of the molecule is CC1NC(=O)CC(c2cc(C(C)c3ccc(C(F)(F)F)cc3)ccn2)N1. The number of aromatic nitrogens is 1. The lowest BCUT2D eigenvalue weighted by Gasteiger charge is -2.29. The summed E-state index contributed by atoms with van der Waals surface area (Å²) in [5.41, 5.74) is 1.83. The zero-order chi connectivity index (χ0) is 18.9. The van der Waals surface area contributed by atoms with Crippen molar-refractivity contribution < 1.29 is 18.0 Å². The van der Waals surface area contributed by atoms with Gasteiger partial charge in [0, 0.05) is 18.5 Å². The maximum atomic E-state index is 12.7. The molecule has 2 heterocycles. The number of rotatable bonds is 3. The largest absolute Gasteiger partial charge is 0.416 e. The fraction of sp³-hybridized carbons (Fsp3) is 0.368. The molecule has 2 N–H and O–H groups in total. The number of hydrogen-bond acceptors (Lipinski definition) is 3. The van der Waals surface area contributed by atoms with Crippen LogP contribution in [0.3, 0.4) is 0 Å². The van der Waals surface area contributed by atoms with Gasteiger partial charge in [-0.1, -0.05) is 19.1 Å². The number of carbonyl (C=O) groups is 1. The van der Waals surface area contributed by atoms with Crippen molar-refractivity contribution in [2.45, 2.75) is 44.6 Å². The molecule has 0 spiro atoms. The summed E-state index contributed by atoms with van der Waals surface area (Å²) in [5, 5.41) is 6.06. The molecule has 138 valence electrons. The second kappa shape index (κ2) is 7.07. The molecule has 0 radical (unpaired) electrons. The van der Waals surface area contributed by atoms with Crippen molar-refractivity contribution in [1.29, 1.82) is 0 Å². The van der Waals surface area contributed by atoms with E-state index in [-0.39, 0.29) is 24.0 Å². The lowest BCUT2D eigenvalue weighted by molar-refractivity contribution is -0.137. The average molecular weight is 363 g/mol. The van der Waals surface area contributed by atoms with E-state index in [1.165, 1.54) is 12.1 Å². The van der Waals surface area contributed by atoms with Gasteiger partial charge in [0.2, 0.25) is 5.91 Å². The Morgan fingerprint density at radius 1 is 1.15 bits per heavy atom. The smallest absolute Gasteiger partial charge is 0.341 e. The van der Waals surface area contributed by atoms with Crippen LogP contribution >= 0.6 is 0 Å². The molecule has 3 atom stereocenters. The number of amides is 1. The number of nitrogens with zero attached hydrogens (tertiary/aromatic N) is 1. The fourth-order valence-electron chi connectivity index (χ4n) is 3.16. The van der Waals surface area contributed by atoms with Crippen LogP contribution in [0, 0.1) is 0 Å². The van der Waals surface area contributed by atoms with Crippen LogP contribution in [0.25, 0.3) is 0 Å². The maximum Gasteiger partial charge on any atom is 0.416 e. The van der Waals surface area contributed by atoms with E-state index in [0.29, 0.717) is 6.42 Å². The molecule has 2 aromatic rings. The highest BCUT2D eigenvalue weighted by molar-refractivity contribution is 5.77. The van der Waals surface area contributed by atoms with Gasteiger partial charge in [-0.05, 0) is 42.3 Å². The minimum Gasteiger partial charge on any atom is -0.341 e. The zero-order valence-corrected chi connectivity index (χ0v) is 14.5. The Bertz CT molecular complexity index is 789. The number of nitrogens with one attached hydrogen (secondary N) is 2. The van der Waals surface area contributed by atoms with Gasteiger partial charge in [0.1, 0.15) is 0 Å². The van der Waals surface area contributed by atoms with Gasteiger partial charge in [-0.2, -0.15) is 13.2 Å². The van der Waals surface area contributed by atoms with Crippen LogP contribution in [-0.2, 0) is 11.0 Å². The van der Waals surface area contributed by atoms with E-state index < -0.39 is 11.7 Å². The zero-order valence-electron chi connectivity index (χ0n) is 14.5. The van der Waals surface area contributed by atoms with Crippen LogP contribution < -0.4 is 10.6 Å². The van der Waals surface area contributed by atoms with E-state index in [0.717, 1.165) is 29.0 Å². The predicted molar refractivity (Wildman–Crippen MR) is 91.3 cm³/mol. The standard InChI is InChI=1S/C19H20F3N3O/c1-11(13-3-5-15(6-4-13)19(20,21)22)14-7-8-23-16(9-14)17-10-18(26)25-12(2)24-17/h3-9,11-12,17,24H,10H2,1-2H3,(H,25,26). The Morgan fingerprint density at radius 2 is 1.85 bits per heavy atom. The number of alkyl halides is 3. The molecule has 1 amide bonds. The van der Waals surface area contributed by atoms with Gasteiger partial charge in [0.25, 0.3) is 0 Å². The summed E-state index contributed by atoms with van der Waals surface area (Å²) in [6.07, 6.45) is -2.51. The quantitative estimate of drug-likeness (QED) is 0.873. The Balaban J connectivity index is 1.82. The van der Waals surface area contributed by atoms with Crippen molar-refractivity contribution in [3.8, 4) is 0 Å². The normalized spacial score (nSPS) is 22.0. The van der Waals surface area contributed by atoms with Crippen LogP contribution in [0.1, 0.15) is 54.6 Å². The fourth-order valence-corrected chi connectivity index (χ4v) is 3.16.